The molecule has 2 saturated heterocycles. The second-order valence-electron chi connectivity index (χ2n) is 8.93. The molecule has 2 bridgehead atoms. The Labute approximate surface area is 161 Å². The molecule has 2 aliphatic heterocycles. The zero-order chi connectivity index (χ0) is 20.9. The number of benzene rings is 1. The van der Waals surface area contributed by atoms with Crippen molar-refractivity contribution in [2.75, 3.05) is 0 Å². The van der Waals surface area contributed by atoms with Crippen molar-refractivity contribution in [3.63, 3.8) is 0 Å². The van der Waals surface area contributed by atoms with Gasteiger partial charge in [0.1, 0.15) is 11.4 Å². The number of amides is 1. The lowest BCUT2D eigenvalue weighted by atomic mass is 9.81. The van der Waals surface area contributed by atoms with Crippen LogP contribution in [0.15, 0.2) is 18.2 Å². The third kappa shape index (κ3) is 4.59. The van der Waals surface area contributed by atoms with Crippen molar-refractivity contribution in [3.05, 3.63) is 35.1 Å². The monoisotopic (exact) mass is 403 g/mol. The lowest BCUT2D eigenvalue weighted by molar-refractivity contribution is -0.137. The Bertz CT molecular complexity index is 743. The van der Waals surface area contributed by atoms with Gasteiger partial charge in [-0.3, -0.25) is 0 Å². The van der Waals surface area contributed by atoms with Crippen molar-refractivity contribution >= 4 is 6.09 Å². The summed E-state index contributed by atoms with van der Waals surface area (Å²) in [6, 6.07) is 1.87. The molecule has 8 heteroatoms. The zero-order valence-corrected chi connectivity index (χ0v) is 16.1. The predicted molar refractivity (Wildman–Crippen MR) is 94.2 cm³/mol. The summed E-state index contributed by atoms with van der Waals surface area (Å²) in [6.45, 7) is 5.32. The number of hydrogen-bond donors (Lipinski definition) is 1. The molecular weight excluding hydrogens is 378 g/mol. The first kappa shape index (κ1) is 20.9. The molecular formula is C20H25F4NO3. The summed E-state index contributed by atoms with van der Waals surface area (Å²) in [7, 11) is 0. The fraction of sp³-hybridized carbons (Fsp3) is 0.650. The number of nitrogens with zero attached hydrogens (tertiary/aromatic N) is 1. The molecule has 156 valence electrons. The summed E-state index contributed by atoms with van der Waals surface area (Å²) in [6.07, 6.45) is -3.35. The van der Waals surface area contributed by atoms with Crippen LogP contribution in [-0.4, -0.2) is 39.4 Å². The van der Waals surface area contributed by atoms with Crippen molar-refractivity contribution in [1.82, 2.24) is 4.90 Å². The van der Waals surface area contributed by atoms with Crippen LogP contribution in [-0.2, 0) is 17.3 Å². The molecule has 1 amide bonds. The Hall–Kier alpha value is -1.83. The van der Waals surface area contributed by atoms with Gasteiger partial charge in [0.2, 0.25) is 0 Å². The number of halogens is 4. The molecule has 2 fully saturated rings. The molecule has 2 heterocycles. The number of carbonyl (C=O) groups excluding carboxylic acids is 1. The molecule has 2 aliphatic rings. The van der Waals surface area contributed by atoms with Crippen LogP contribution in [0.2, 0.25) is 0 Å². The number of carbonyl (C=O) groups is 1. The fourth-order valence-electron chi connectivity index (χ4n) is 4.38. The summed E-state index contributed by atoms with van der Waals surface area (Å²) in [4.78, 5) is 14.1. The number of fused-ring (bicyclic) bond motifs is 2. The molecule has 4 nitrogen and oxygen atoms in total. The van der Waals surface area contributed by atoms with Gasteiger partial charge in [0.15, 0.2) is 0 Å². The van der Waals surface area contributed by atoms with Crippen LogP contribution < -0.4 is 0 Å². The highest BCUT2D eigenvalue weighted by molar-refractivity contribution is 5.69. The van der Waals surface area contributed by atoms with E-state index in [0.29, 0.717) is 18.9 Å². The molecule has 2 unspecified atom stereocenters. The van der Waals surface area contributed by atoms with Crippen LogP contribution in [0.4, 0.5) is 22.4 Å². The van der Waals surface area contributed by atoms with E-state index in [2.05, 4.69) is 0 Å². The maximum absolute atomic E-state index is 13.7. The molecule has 0 aromatic heterocycles. The van der Waals surface area contributed by atoms with E-state index in [1.807, 2.05) is 0 Å². The van der Waals surface area contributed by atoms with Gasteiger partial charge in [-0.25, -0.2) is 9.18 Å². The molecule has 3 rings (SSSR count). The van der Waals surface area contributed by atoms with E-state index in [1.165, 1.54) is 0 Å². The largest absolute Gasteiger partial charge is 0.444 e. The maximum Gasteiger partial charge on any atom is 0.416 e. The molecule has 28 heavy (non-hydrogen) atoms. The number of ether oxygens (including phenoxy) is 1. The molecule has 0 saturated carbocycles. The average molecular weight is 403 g/mol. The average Bonchev–Trinajstić information content (AvgIpc) is 2.77. The summed E-state index contributed by atoms with van der Waals surface area (Å²) in [5.74, 6) is -0.984. The van der Waals surface area contributed by atoms with Crippen LogP contribution in [0, 0.1) is 5.82 Å². The maximum atomic E-state index is 13.7. The number of rotatable bonds is 2. The summed E-state index contributed by atoms with van der Waals surface area (Å²) >= 11 is 0. The second-order valence-corrected chi connectivity index (χ2v) is 8.93. The van der Waals surface area contributed by atoms with Crippen LogP contribution in [0.25, 0.3) is 0 Å². The van der Waals surface area contributed by atoms with Crippen molar-refractivity contribution in [2.45, 2.75) is 82.3 Å². The molecule has 0 radical (unpaired) electrons. The Morgan fingerprint density at radius 1 is 1.18 bits per heavy atom. The first-order valence-electron chi connectivity index (χ1n) is 9.36. The van der Waals surface area contributed by atoms with Crippen molar-refractivity contribution in [2.24, 2.45) is 0 Å². The van der Waals surface area contributed by atoms with Gasteiger partial charge in [-0.1, -0.05) is 0 Å². The number of hydrogen-bond acceptors (Lipinski definition) is 3. The minimum Gasteiger partial charge on any atom is -0.444 e. The van der Waals surface area contributed by atoms with Crippen molar-refractivity contribution < 1.29 is 32.2 Å². The van der Waals surface area contributed by atoms with Gasteiger partial charge in [0.05, 0.1) is 11.2 Å². The van der Waals surface area contributed by atoms with Gasteiger partial charge in [0.25, 0.3) is 0 Å². The van der Waals surface area contributed by atoms with E-state index >= 15 is 0 Å². The Morgan fingerprint density at radius 2 is 1.75 bits per heavy atom. The summed E-state index contributed by atoms with van der Waals surface area (Å²) in [5.41, 5.74) is -2.90. The minimum atomic E-state index is -4.65. The topological polar surface area (TPSA) is 49.8 Å². The van der Waals surface area contributed by atoms with Gasteiger partial charge in [0, 0.05) is 18.5 Å². The molecule has 1 N–H and O–H groups in total. The Morgan fingerprint density at radius 3 is 2.25 bits per heavy atom. The highest BCUT2D eigenvalue weighted by Crippen LogP contribution is 2.43. The third-order valence-electron chi connectivity index (χ3n) is 5.27. The van der Waals surface area contributed by atoms with E-state index in [4.69, 9.17) is 4.74 Å². The highest BCUT2D eigenvalue weighted by atomic mass is 19.4. The molecule has 0 spiro atoms. The van der Waals surface area contributed by atoms with Crippen LogP contribution in [0.3, 0.4) is 0 Å². The Balaban J connectivity index is 1.76. The van der Waals surface area contributed by atoms with Crippen LogP contribution >= 0.6 is 0 Å². The molecule has 1 aromatic carbocycles. The molecule has 2 atom stereocenters. The van der Waals surface area contributed by atoms with E-state index < -0.39 is 34.9 Å². The summed E-state index contributed by atoms with van der Waals surface area (Å²) in [5, 5.41) is 11.0. The van der Waals surface area contributed by atoms with Gasteiger partial charge < -0.3 is 14.7 Å². The number of alkyl halides is 3. The lowest BCUT2D eigenvalue weighted by Gasteiger charge is -2.44. The predicted octanol–water partition coefficient (Wildman–Crippen LogP) is 4.68. The SMILES string of the molecule is CC(C)(C)OC(=O)N1C2CCC1CC(O)(Cc1cc(F)cc(C(F)(F)F)c1)C2. The quantitative estimate of drug-likeness (QED) is 0.730. The first-order valence-corrected chi connectivity index (χ1v) is 9.36. The standard InChI is InChI=1S/C20H25F4NO3/c1-18(2,3)28-17(26)25-15-4-5-16(25)11-19(27,10-15)9-12-6-13(20(22,23)24)8-14(21)7-12/h6-8,15-16,27H,4-5,9-11H2,1-3H3. The van der Waals surface area contributed by atoms with Gasteiger partial charge in [-0.15, -0.1) is 0 Å². The second kappa shape index (κ2) is 6.90. The van der Waals surface area contributed by atoms with Gasteiger partial charge >= 0.3 is 12.3 Å². The van der Waals surface area contributed by atoms with Crippen LogP contribution in [0.1, 0.15) is 57.6 Å². The van der Waals surface area contributed by atoms with Gasteiger partial charge in [-0.2, -0.15) is 13.2 Å². The minimum absolute atomic E-state index is 0.0942. The number of aliphatic hydroxyl groups is 1. The van der Waals surface area contributed by atoms with E-state index in [0.717, 1.165) is 12.1 Å². The smallest absolute Gasteiger partial charge is 0.416 e. The van der Waals surface area contributed by atoms with E-state index in [-0.39, 0.29) is 36.9 Å². The number of piperidine rings is 1. The Kier molecular flexibility index (Phi) is 5.15. The van der Waals surface area contributed by atoms with E-state index in [1.54, 1.807) is 25.7 Å². The third-order valence-corrected chi connectivity index (χ3v) is 5.27. The highest BCUT2D eigenvalue weighted by Gasteiger charge is 2.50. The van der Waals surface area contributed by atoms with Crippen molar-refractivity contribution in [3.8, 4) is 0 Å². The van der Waals surface area contributed by atoms with E-state index in [9.17, 15) is 27.5 Å². The fourth-order valence-corrected chi connectivity index (χ4v) is 4.38. The van der Waals surface area contributed by atoms with Gasteiger partial charge in [-0.05, 0) is 70.2 Å². The lowest BCUT2D eigenvalue weighted by Crippen LogP contribution is -2.55. The molecule has 0 aliphatic carbocycles. The van der Waals surface area contributed by atoms with Crippen molar-refractivity contribution in [1.29, 1.82) is 0 Å². The normalized spacial score (nSPS) is 27.8. The summed E-state index contributed by atoms with van der Waals surface area (Å²) < 4.78 is 58.0. The zero-order valence-electron chi connectivity index (χ0n) is 16.1. The van der Waals surface area contributed by atoms with Crippen LogP contribution in [0.5, 0.6) is 0 Å². The first-order chi connectivity index (χ1) is 12.8. The molecule has 1 aromatic rings.